The Kier molecular flexibility index (Phi) is 6.42. The molecular weight excluding hydrogens is 536 g/mol. The molecule has 1 atom stereocenters. The van der Waals surface area contributed by atoms with Gasteiger partial charge in [0.2, 0.25) is 16.7 Å². The van der Waals surface area contributed by atoms with Gasteiger partial charge in [-0.3, -0.25) is 4.98 Å². The number of hydrogen-bond donors (Lipinski definition) is 1. The molecule has 4 aromatic rings. The van der Waals surface area contributed by atoms with Crippen molar-refractivity contribution < 1.29 is 26.5 Å². The van der Waals surface area contributed by atoms with Gasteiger partial charge >= 0.3 is 6.18 Å². The average molecular weight is 559 g/mol. The molecule has 2 aliphatic heterocycles. The molecular formula is C26H22F4N6O2S. The minimum Gasteiger partial charge on any atom is -0.611 e. The van der Waals surface area contributed by atoms with Crippen LogP contribution in [0.2, 0.25) is 0 Å². The standard InChI is InChI=1S/C26H22F4N6O2S/c1-14-10-18(26(28,29)30)16(11-31-14)12-32-23-22-19(7-9-39(22)37)34-25(35-23)36-8-6-21-20(13-36)33-24(38-21)15-2-4-17(27)5-3-15/h2-5,10-11H,6-9,12-13H2,1H3,(H,32,34,35)/t39-/m1/s1. The van der Waals surface area contributed by atoms with Gasteiger partial charge in [-0.15, -0.1) is 0 Å². The van der Waals surface area contributed by atoms with E-state index in [1.807, 2.05) is 4.90 Å². The maximum Gasteiger partial charge on any atom is 0.416 e. The Balaban J connectivity index is 1.28. The van der Waals surface area contributed by atoms with Gasteiger partial charge in [-0.05, 0) is 48.4 Å². The van der Waals surface area contributed by atoms with Gasteiger partial charge in [-0.25, -0.2) is 14.4 Å². The van der Waals surface area contributed by atoms with Crippen molar-refractivity contribution in [2.45, 2.75) is 43.9 Å². The van der Waals surface area contributed by atoms with Crippen molar-refractivity contribution in [3.63, 3.8) is 0 Å². The third kappa shape index (κ3) is 5.03. The Labute approximate surface area is 223 Å². The summed E-state index contributed by atoms with van der Waals surface area (Å²) in [5, 5.41) is 2.98. The van der Waals surface area contributed by atoms with Crippen LogP contribution < -0.4 is 10.2 Å². The predicted molar refractivity (Wildman–Crippen MR) is 135 cm³/mol. The first-order valence-electron chi connectivity index (χ1n) is 12.2. The Morgan fingerprint density at radius 3 is 2.67 bits per heavy atom. The predicted octanol–water partition coefficient (Wildman–Crippen LogP) is 4.83. The van der Waals surface area contributed by atoms with E-state index in [1.54, 1.807) is 12.1 Å². The highest BCUT2D eigenvalue weighted by molar-refractivity contribution is 7.91. The summed E-state index contributed by atoms with van der Waals surface area (Å²) in [6, 6.07) is 6.88. The van der Waals surface area contributed by atoms with Gasteiger partial charge in [0.15, 0.2) is 5.82 Å². The van der Waals surface area contributed by atoms with Gasteiger partial charge in [0, 0.05) is 48.9 Å². The number of nitrogens with one attached hydrogen (secondary N) is 1. The van der Waals surface area contributed by atoms with Crippen LogP contribution in [0.4, 0.5) is 29.3 Å². The number of pyridine rings is 1. The summed E-state index contributed by atoms with van der Waals surface area (Å²) in [7, 11) is 0. The van der Waals surface area contributed by atoms with Crippen LogP contribution >= 0.6 is 0 Å². The first-order valence-corrected chi connectivity index (χ1v) is 13.5. The summed E-state index contributed by atoms with van der Waals surface area (Å²) in [5.74, 6) is 1.74. The smallest absolute Gasteiger partial charge is 0.416 e. The van der Waals surface area contributed by atoms with Crippen LogP contribution in [-0.4, -0.2) is 36.8 Å². The molecule has 2 aliphatic rings. The van der Waals surface area contributed by atoms with Gasteiger partial charge in [-0.1, -0.05) is 0 Å². The van der Waals surface area contributed by atoms with Crippen molar-refractivity contribution in [1.82, 2.24) is 19.9 Å². The molecule has 0 fully saturated rings. The molecule has 0 saturated heterocycles. The summed E-state index contributed by atoms with van der Waals surface area (Å²) in [6.45, 7) is 2.17. The normalized spacial score (nSPS) is 16.8. The summed E-state index contributed by atoms with van der Waals surface area (Å²) in [5.41, 5.74) is 1.41. The molecule has 0 spiro atoms. The summed E-state index contributed by atoms with van der Waals surface area (Å²) in [4.78, 5) is 20.2. The van der Waals surface area contributed by atoms with E-state index >= 15 is 0 Å². The molecule has 0 unspecified atom stereocenters. The quantitative estimate of drug-likeness (QED) is 0.275. The monoisotopic (exact) mass is 558 g/mol. The van der Waals surface area contributed by atoms with Gasteiger partial charge in [0.25, 0.3) is 0 Å². The van der Waals surface area contributed by atoms with Gasteiger partial charge in [0.1, 0.15) is 28.7 Å². The topological polar surface area (TPSA) is 103 Å². The molecule has 0 radical (unpaired) electrons. The number of alkyl halides is 3. The molecule has 8 nitrogen and oxygen atoms in total. The average Bonchev–Trinajstić information content (AvgIpc) is 3.50. The first kappa shape index (κ1) is 25.6. The molecule has 0 aliphatic carbocycles. The Morgan fingerprint density at radius 2 is 1.90 bits per heavy atom. The zero-order valence-corrected chi connectivity index (χ0v) is 21.5. The lowest BCUT2D eigenvalue weighted by Crippen LogP contribution is -2.32. The number of nitrogens with zero attached hydrogens (tertiary/aromatic N) is 5. The van der Waals surface area contributed by atoms with E-state index in [4.69, 9.17) is 4.42 Å². The second-order valence-corrected chi connectivity index (χ2v) is 10.9. The second-order valence-electron chi connectivity index (χ2n) is 9.35. The van der Waals surface area contributed by atoms with Crippen molar-refractivity contribution in [3.8, 4) is 11.5 Å². The number of halogens is 4. The molecule has 39 heavy (non-hydrogen) atoms. The molecule has 1 aromatic carbocycles. The Hall–Kier alpha value is -3.71. The van der Waals surface area contributed by atoms with E-state index in [0.29, 0.717) is 65.4 Å². The molecule has 0 saturated carbocycles. The molecule has 0 bridgehead atoms. The largest absolute Gasteiger partial charge is 0.611 e. The summed E-state index contributed by atoms with van der Waals surface area (Å²) < 4.78 is 72.8. The number of fused-ring (bicyclic) bond motifs is 2. The fourth-order valence-electron chi connectivity index (χ4n) is 4.70. The van der Waals surface area contributed by atoms with Crippen LogP contribution in [0.3, 0.4) is 0 Å². The lowest BCUT2D eigenvalue weighted by Gasteiger charge is -2.26. The number of benzene rings is 1. The lowest BCUT2D eigenvalue weighted by atomic mass is 10.1. The second kappa shape index (κ2) is 9.79. The lowest BCUT2D eigenvalue weighted by molar-refractivity contribution is -0.138. The zero-order chi connectivity index (χ0) is 27.3. The van der Waals surface area contributed by atoms with Crippen molar-refractivity contribution in [1.29, 1.82) is 0 Å². The highest BCUT2D eigenvalue weighted by Gasteiger charge is 2.36. The summed E-state index contributed by atoms with van der Waals surface area (Å²) >= 11 is -1.36. The SMILES string of the molecule is Cc1cc(C(F)(F)F)c(CNc2nc(N3CCc4oc(-c5ccc(F)cc5)nc4C3)nc3c2[S@+]([O-])CC3)cn1. The molecule has 13 heteroatoms. The molecule has 3 aromatic heterocycles. The van der Waals surface area contributed by atoms with Crippen LogP contribution in [0.15, 0.2) is 45.8 Å². The number of anilines is 2. The molecule has 0 amide bonds. The zero-order valence-electron chi connectivity index (χ0n) is 20.7. The number of aryl methyl sites for hydroxylation is 2. The van der Waals surface area contributed by atoms with Crippen molar-refractivity contribution in [2.24, 2.45) is 0 Å². The molecule has 5 heterocycles. The molecule has 202 valence electrons. The third-order valence-electron chi connectivity index (χ3n) is 6.65. The fraction of sp³-hybridized carbons (Fsp3) is 0.308. The minimum atomic E-state index is -4.54. The van der Waals surface area contributed by atoms with E-state index in [0.717, 1.165) is 11.8 Å². The van der Waals surface area contributed by atoms with E-state index in [2.05, 4.69) is 25.3 Å². The number of rotatable bonds is 5. The Bertz CT molecular complexity index is 1540. The highest BCUT2D eigenvalue weighted by Crippen LogP contribution is 2.36. The number of oxazole rings is 1. The highest BCUT2D eigenvalue weighted by atomic mass is 32.2. The van der Waals surface area contributed by atoms with E-state index in [1.165, 1.54) is 25.3 Å². The third-order valence-corrected chi connectivity index (χ3v) is 8.11. The summed E-state index contributed by atoms with van der Waals surface area (Å²) in [6.07, 6.45) is -2.34. The maximum absolute atomic E-state index is 13.6. The van der Waals surface area contributed by atoms with Crippen LogP contribution in [-0.2, 0) is 43.3 Å². The number of aromatic nitrogens is 4. The van der Waals surface area contributed by atoms with Gasteiger partial charge < -0.3 is 19.2 Å². The maximum atomic E-state index is 13.6. The van der Waals surface area contributed by atoms with E-state index < -0.39 is 22.9 Å². The van der Waals surface area contributed by atoms with Crippen LogP contribution in [0, 0.1) is 12.7 Å². The van der Waals surface area contributed by atoms with Crippen LogP contribution in [0.1, 0.15) is 34.0 Å². The first-order chi connectivity index (χ1) is 18.7. The fourth-order valence-corrected chi connectivity index (χ4v) is 6.03. The Morgan fingerprint density at radius 1 is 1.10 bits per heavy atom. The van der Waals surface area contributed by atoms with Crippen LogP contribution in [0.25, 0.3) is 11.5 Å². The van der Waals surface area contributed by atoms with Gasteiger partial charge in [0.05, 0.1) is 12.1 Å². The van der Waals surface area contributed by atoms with Crippen LogP contribution in [0.5, 0.6) is 0 Å². The minimum absolute atomic E-state index is 0.0377. The molecule has 6 rings (SSSR count). The van der Waals surface area contributed by atoms with Crippen molar-refractivity contribution in [3.05, 3.63) is 76.3 Å². The van der Waals surface area contributed by atoms with E-state index in [9.17, 15) is 22.1 Å². The van der Waals surface area contributed by atoms with Crippen molar-refractivity contribution >= 4 is 22.9 Å². The number of hydrogen-bond acceptors (Lipinski definition) is 8. The van der Waals surface area contributed by atoms with E-state index in [-0.39, 0.29) is 29.4 Å². The van der Waals surface area contributed by atoms with Gasteiger partial charge in [-0.2, -0.15) is 18.2 Å². The molecule has 1 N–H and O–H groups in total. The van der Waals surface area contributed by atoms with Crippen molar-refractivity contribution in [2.75, 3.05) is 22.5 Å².